The maximum absolute atomic E-state index is 11.8. The van der Waals surface area contributed by atoms with Crippen molar-refractivity contribution in [1.82, 2.24) is 4.90 Å². The summed E-state index contributed by atoms with van der Waals surface area (Å²) in [5, 5.41) is 10.7. The lowest BCUT2D eigenvalue weighted by Crippen LogP contribution is -2.61. The zero-order chi connectivity index (χ0) is 18.1. The average Bonchev–Trinajstić information content (AvgIpc) is 3.18. The lowest BCUT2D eigenvalue weighted by molar-refractivity contribution is -0.166. The van der Waals surface area contributed by atoms with Gasteiger partial charge in [0.1, 0.15) is 6.10 Å². The summed E-state index contributed by atoms with van der Waals surface area (Å²) in [6, 6.07) is 2.26. The van der Waals surface area contributed by atoms with Crippen LogP contribution in [-0.4, -0.2) is 54.7 Å². The van der Waals surface area contributed by atoms with Crippen LogP contribution in [0.2, 0.25) is 0 Å². The van der Waals surface area contributed by atoms with Crippen molar-refractivity contribution in [2.24, 2.45) is 0 Å². The molecule has 1 saturated carbocycles. The highest BCUT2D eigenvalue weighted by Crippen LogP contribution is 2.59. The van der Waals surface area contributed by atoms with E-state index in [-0.39, 0.29) is 18.8 Å². The normalized spacial score (nSPS) is 36.3. The van der Waals surface area contributed by atoms with Crippen LogP contribution in [0.25, 0.3) is 0 Å². The molecule has 5 rings (SSSR count). The van der Waals surface area contributed by atoms with Crippen molar-refractivity contribution in [3.63, 3.8) is 0 Å². The Morgan fingerprint density at radius 1 is 1.38 bits per heavy atom. The van der Waals surface area contributed by atoms with Gasteiger partial charge in [0, 0.05) is 25.1 Å². The molecule has 26 heavy (non-hydrogen) atoms. The first kappa shape index (κ1) is 16.2. The van der Waals surface area contributed by atoms with E-state index in [9.17, 15) is 9.90 Å². The lowest BCUT2D eigenvalue weighted by atomic mass is 9.61. The van der Waals surface area contributed by atoms with E-state index >= 15 is 0 Å². The van der Waals surface area contributed by atoms with Gasteiger partial charge < -0.3 is 24.1 Å². The molecule has 2 fully saturated rings. The molecular formula is C19H23NO6. The summed E-state index contributed by atoms with van der Waals surface area (Å²) in [5.74, 6) is 1.64. The molecule has 7 heteroatoms. The Morgan fingerprint density at radius 3 is 3.00 bits per heavy atom. The third kappa shape index (κ3) is 1.93. The zero-order valence-corrected chi connectivity index (χ0v) is 15.0. The third-order valence-corrected chi connectivity index (χ3v) is 6.52. The minimum Gasteiger partial charge on any atom is -0.492 e. The van der Waals surface area contributed by atoms with Crippen LogP contribution < -0.4 is 14.2 Å². The average molecular weight is 361 g/mol. The molecule has 1 saturated heterocycles. The summed E-state index contributed by atoms with van der Waals surface area (Å²) < 4.78 is 22.7. The smallest absolute Gasteiger partial charge is 0.303 e. The van der Waals surface area contributed by atoms with Crippen molar-refractivity contribution in [3.8, 4) is 17.2 Å². The fourth-order valence-electron chi connectivity index (χ4n) is 5.63. The molecule has 2 bridgehead atoms. The number of esters is 1. The fourth-order valence-corrected chi connectivity index (χ4v) is 5.63. The molecule has 3 heterocycles. The summed E-state index contributed by atoms with van der Waals surface area (Å²) in [5.41, 5.74) is 1.68. The van der Waals surface area contributed by atoms with Gasteiger partial charge in [-0.1, -0.05) is 0 Å². The maximum atomic E-state index is 11.8. The number of fused-ring (bicyclic) bond motifs is 2. The predicted octanol–water partition coefficient (Wildman–Crippen LogP) is 1.34. The van der Waals surface area contributed by atoms with Crippen LogP contribution in [-0.2, 0) is 21.5 Å². The molecule has 140 valence electrons. The Balaban J connectivity index is 1.74. The highest BCUT2D eigenvalue weighted by molar-refractivity contribution is 5.67. The number of benzene rings is 1. The van der Waals surface area contributed by atoms with Crippen molar-refractivity contribution in [1.29, 1.82) is 0 Å². The number of carbonyl (C=O) groups is 1. The molecule has 1 aromatic rings. The minimum atomic E-state index is -0.669. The molecule has 7 nitrogen and oxygen atoms in total. The Labute approximate surface area is 151 Å². The highest BCUT2D eigenvalue weighted by Gasteiger charge is 2.62. The van der Waals surface area contributed by atoms with E-state index in [0.717, 1.165) is 37.1 Å². The molecule has 0 amide bonds. The molecule has 0 radical (unpaired) electrons. The Hall–Kier alpha value is -1.99. The number of rotatable bonds is 2. The van der Waals surface area contributed by atoms with Crippen LogP contribution in [0.5, 0.6) is 17.2 Å². The number of aliphatic hydroxyl groups excluding tert-OH is 1. The molecule has 1 aliphatic carbocycles. The van der Waals surface area contributed by atoms with Crippen LogP contribution in [0.3, 0.4) is 0 Å². The quantitative estimate of drug-likeness (QED) is 0.797. The van der Waals surface area contributed by atoms with E-state index in [2.05, 4.69) is 4.90 Å². The largest absolute Gasteiger partial charge is 0.492 e. The summed E-state index contributed by atoms with van der Waals surface area (Å²) in [6.07, 6.45) is 1.13. The van der Waals surface area contributed by atoms with Crippen LogP contribution >= 0.6 is 0 Å². The zero-order valence-electron chi connectivity index (χ0n) is 15.0. The minimum absolute atomic E-state index is 0.171. The first-order chi connectivity index (χ1) is 12.6. The van der Waals surface area contributed by atoms with Gasteiger partial charge in [0.15, 0.2) is 11.5 Å². The summed E-state index contributed by atoms with van der Waals surface area (Å²) >= 11 is 0. The van der Waals surface area contributed by atoms with Gasteiger partial charge >= 0.3 is 5.97 Å². The molecule has 0 aromatic heterocycles. The topological polar surface area (TPSA) is 77.5 Å². The molecule has 3 aliphatic heterocycles. The van der Waals surface area contributed by atoms with Crippen LogP contribution in [0, 0.1) is 0 Å². The monoisotopic (exact) mass is 361 g/mol. The molecule has 4 aliphatic rings. The first-order valence-corrected chi connectivity index (χ1v) is 9.15. The molecule has 5 atom stereocenters. The van der Waals surface area contributed by atoms with Crippen molar-refractivity contribution in [2.75, 3.05) is 20.4 Å². The van der Waals surface area contributed by atoms with Gasteiger partial charge in [-0.2, -0.15) is 0 Å². The van der Waals surface area contributed by atoms with E-state index in [4.69, 9.17) is 18.9 Å². The van der Waals surface area contributed by atoms with Gasteiger partial charge in [0.25, 0.3) is 0 Å². The van der Waals surface area contributed by atoms with E-state index in [0.29, 0.717) is 23.7 Å². The molecule has 1 N–H and O–H groups in total. The van der Waals surface area contributed by atoms with Gasteiger partial charge in [0.05, 0.1) is 18.6 Å². The maximum Gasteiger partial charge on any atom is 0.303 e. The summed E-state index contributed by atoms with van der Waals surface area (Å²) in [4.78, 5) is 14.2. The van der Waals surface area contributed by atoms with Crippen molar-refractivity contribution >= 4 is 5.97 Å². The Morgan fingerprint density at radius 2 is 2.23 bits per heavy atom. The fraction of sp³-hybridized carbons (Fsp3) is 0.632. The number of hydrogen-bond acceptors (Lipinski definition) is 7. The van der Waals surface area contributed by atoms with Crippen molar-refractivity contribution in [2.45, 2.75) is 56.4 Å². The Kier molecular flexibility index (Phi) is 3.43. The van der Waals surface area contributed by atoms with Gasteiger partial charge in [0.2, 0.25) is 12.5 Å². The number of methoxy groups -OCH3 is 1. The SMILES string of the molecule is COc1c2c(cc3c1OCO3)[C@@]13CCN(C2)[C@@H]1CCC(O)C3OC(C)=O. The summed E-state index contributed by atoms with van der Waals surface area (Å²) in [6.45, 7) is 3.25. The van der Waals surface area contributed by atoms with Crippen LogP contribution in [0.4, 0.5) is 0 Å². The number of carbonyl (C=O) groups excluding carboxylic acids is 1. The number of aliphatic hydroxyl groups is 1. The third-order valence-electron chi connectivity index (χ3n) is 6.52. The highest BCUT2D eigenvalue weighted by atomic mass is 16.7. The van der Waals surface area contributed by atoms with Gasteiger partial charge in [-0.3, -0.25) is 9.69 Å². The van der Waals surface area contributed by atoms with Crippen LogP contribution in [0.1, 0.15) is 37.3 Å². The van der Waals surface area contributed by atoms with E-state index in [1.54, 1.807) is 7.11 Å². The predicted molar refractivity (Wildman–Crippen MR) is 90.4 cm³/mol. The molecule has 3 unspecified atom stereocenters. The molecule has 1 aromatic carbocycles. The van der Waals surface area contributed by atoms with Gasteiger partial charge in [-0.05, 0) is 37.4 Å². The van der Waals surface area contributed by atoms with E-state index in [1.165, 1.54) is 6.92 Å². The second-order valence-corrected chi connectivity index (χ2v) is 7.62. The Bertz CT molecular complexity index is 780. The second kappa shape index (κ2) is 5.50. The number of ether oxygens (including phenoxy) is 4. The van der Waals surface area contributed by atoms with Gasteiger partial charge in [-0.25, -0.2) is 0 Å². The van der Waals surface area contributed by atoms with Crippen molar-refractivity contribution < 1.29 is 28.8 Å². The first-order valence-electron chi connectivity index (χ1n) is 9.15. The van der Waals surface area contributed by atoms with Crippen LogP contribution in [0.15, 0.2) is 6.07 Å². The summed E-state index contributed by atoms with van der Waals surface area (Å²) in [7, 11) is 1.64. The number of hydrogen-bond donors (Lipinski definition) is 1. The van der Waals surface area contributed by atoms with E-state index < -0.39 is 17.6 Å². The van der Waals surface area contributed by atoms with Crippen molar-refractivity contribution in [3.05, 3.63) is 17.2 Å². The molecule has 0 spiro atoms. The standard InChI is InChI=1S/C19H23NO6/c1-10(21)26-18-13(22)3-4-15-19(18)5-6-20(15)8-11-12(19)7-14-17(16(11)23-2)25-9-24-14/h7,13,15,18,22H,3-6,8-9H2,1-2H3/t13?,15-,18?,19+/m1/s1. The molecular weight excluding hydrogens is 338 g/mol. The van der Waals surface area contributed by atoms with E-state index in [1.807, 2.05) is 6.07 Å². The lowest BCUT2D eigenvalue weighted by Gasteiger charge is -2.52. The number of nitrogens with zero attached hydrogens (tertiary/aromatic N) is 1. The van der Waals surface area contributed by atoms with Gasteiger partial charge in [-0.15, -0.1) is 0 Å². The second-order valence-electron chi connectivity index (χ2n) is 7.62.